The third-order valence-electron chi connectivity index (χ3n) is 3.53. The molecule has 0 aliphatic carbocycles. The van der Waals surface area contributed by atoms with Gasteiger partial charge >= 0.3 is 12.1 Å². The monoisotopic (exact) mass is 292 g/mol. The molecule has 0 bridgehead atoms. The number of hydrogen-bond acceptors (Lipinski definition) is 5. The third-order valence-corrected chi connectivity index (χ3v) is 3.53. The number of carbonyl (C=O) groups is 2. The molecule has 1 heterocycles. The van der Waals surface area contributed by atoms with Crippen molar-refractivity contribution in [3.8, 4) is 0 Å². The van der Waals surface area contributed by atoms with Crippen molar-refractivity contribution < 1.29 is 19.1 Å². The minimum Gasteiger partial charge on any atom is -0.467 e. The van der Waals surface area contributed by atoms with E-state index in [9.17, 15) is 9.59 Å². The molecule has 1 aromatic carbocycles. The zero-order chi connectivity index (χ0) is 15.2. The number of nitrogens with zero attached hydrogens (tertiary/aromatic N) is 1. The van der Waals surface area contributed by atoms with E-state index in [0.717, 1.165) is 5.56 Å². The van der Waals surface area contributed by atoms with Gasteiger partial charge in [0.25, 0.3) is 0 Å². The zero-order valence-electron chi connectivity index (χ0n) is 12.0. The Kier molecular flexibility index (Phi) is 5.16. The predicted molar refractivity (Wildman–Crippen MR) is 76.3 cm³/mol. The number of ether oxygens (including phenoxy) is 2. The van der Waals surface area contributed by atoms with E-state index in [0.29, 0.717) is 19.4 Å². The summed E-state index contributed by atoms with van der Waals surface area (Å²) in [5.41, 5.74) is 6.76. The summed E-state index contributed by atoms with van der Waals surface area (Å²) in [4.78, 5) is 25.3. The zero-order valence-corrected chi connectivity index (χ0v) is 12.0. The molecular weight excluding hydrogens is 272 g/mol. The van der Waals surface area contributed by atoms with E-state index in [4.69, 9.17) is 15.2 Å². The number of benzene rings is 1. The van der Waals surface area contributed by atoms with Crippen molar-refractivity contribution in [3.63, 3.8) is 0 Å². The topological polar surface area (TPSA) is 81.9 Å². The van der Waals surface area contributed by atoms with Gasteiger partial charge in [0.2, 0.25) is 0 Å². The molecule has 0 saturated carbocycles. The third kappa shape index (κ3) is 3.95. The van der Waals surface area contributed by atoms with E-state index >= 15 is 0 Å². The van der Waals surface area contributed by atoms with E-state index in [2.05, 4.69) is 0 Å². The van der Waals surface area contributed by atoms with Crippen LogP contribution in [0.2, 0.25) is 0 Å². The number of nitrogens with two attached hydrogens (primary N) is 1. The predicted octanol–water partition coefficient (Wildman–Crippen LogP) is 1.29. The Hall–Kier alpha value is -2.08. The highest BCUT2D eigenvalue weighted by Gasteiger charge is 2.36. The van der Waals surface area contributed by atoms with Crippen LogP contribution in [0.5, 0.6) is 0 Å². The summed E-state index contributed by atoms with van der Waals surface area (Å²) < 4.78 is 10.0. The Morgan fingerprint density at radius 2 is 2.00 bits per heavy atom. The van der Waals surface area contributed by atoms with Crippen LogP contribution in [0.1, 0.15) is 18.4 Å². The van der Waals surface area contributed by atoms with E-state index in [1.807, 2.05) is 30.3 Å². The van der Waals surface area contributed by atoms with Crippen LogP contribution in [0, 0.1) is 0 Å². The first-order valence-electron chi connectivity index (χ1n) is 6.92. The highest BCUT2D eigenvalue weighted by Crippen LogP contribution is 2.19. The summed E-state index contributed by atoms with van der Waals surface area (Å²) in [7, 11) is 1.31. The molecule has 1 aliphatic heterocycles. The van der Waals surface area contributed by atoms with Crippen LogP contribution in [-0.2, 0) is 20.9 Å². The lowest BCUT2D eigenvalue weighted by molar-refractivity contribution is -0.147. The van der Waals surface area contributed by atoms with E-state index in [1.54, 1.807) is 0 Å². The molecule has 6 heteroatoms. The maximum Gasteiger partial charge on any atom is 0.410 e. The minimum atomic E-state index is -0.613. The minimum absolute atomic E-state index is 0.143. The van der Waals surface area contributed by atoms with Crippen molar-refractivity contribution in [1.82, 2.24) is 4.90 Å². The van der Waals surface area contributed by atoms with Crippen molar-refractivity contribution in [3.05, 3.63) is 35.9 Å². The summed E-state index contributed by atoms with van der Waals surface area (Å²) in [5.74, 6) is -0.432. The number of carbonyl (C=O) groups excluding carboxylic acids is 2. The maximum atomic E-state index is 12.2. The molecule has 1 saturated heterocycles. The lowest BCUT2D eigenvalue weighted by atomic mass is 9.99. The standard InChI is InChI=1S/C15H20N2O4/c1-20-14(18)13-8-7-12(16)9-17(13)15(19)21-10-11-5-3-2-4-6-11/h2-6,12-13H,7-10,16H2,1H3/t12-,13-/m0/s1. The van der Waals surface area contributed by atoms with Crippen molar-refractivity contribution >= 4 is 12.1 Å². The molecule has 114 valence electrons. The Morgan fingerprint density at radius 3 is 2.67 bits per heavy atom. The van der Waals surface area contributed by atoms with Crippen LogP contribution < -0.4 is 5.73 Å². The van der Waals surface area contributed by atoms with Gasteiger partial charge in [-0.15, -0.1) is 0 Å². The van der Waals surface area contributed by atoms with Gasteiger partial charge in [0.15, 0.2) is 0 Å². The number of esters is 1. The summed E-state index contributed by atoms with van der Waals surface area (Å²) in [6.07, 6.45) is 0.640. The first-order chi connectivity index (χ1) is 10.1. The molecule has 0 spiro atoms. The molecule has 21 heavy (non-hydrogen) atoms. The Labute approximate surface area is 123 Å². The number of rotatable bonds is 3. The Bertz CT molecular complexity index is 492. The lowest BCUT2D eigenvalue weighted by Gasteiger charge is -2.35. The van der Waals surface area contributed by atoms with E-state index in [-0.39, 0.29) is 12.6 Å². The van der Waals surface area contributed by atoms with Gasteiger partial charge in [-0.25, -0.2) is 9.59 Å². The largest absolute Gasteiger partial charge is 0.467 e. The van der Waals surface area contributed by atoms with Crippen LogP contribution >= 0.6 is 0 Å². The van der Waals surface area contributed by atoms with Gasteiger partial charge in [-0.3, -0.25) is 4.90 Å². The molecule has 2 atom stereocenters. The number of hydrogen-bond donors (Lipinski definition) is 1. The first kappa shape index (κ1) is 15.3. The number of methoxy groups -OCH3 is 1. The van der Waals surface area contributed by atoms with Gasteiger partial charge in [0.05, 0.1) is 7.11 Å². The van der Waals surface area contributed by atoms with Gasteiger partial charge < -0.3 is 15.2 Å². The second kappa shape index (κ2) is 7.08. The molecule has 0 unspecified atom stereocenters. The van der Waals surface area contributed by atoms with Crippen molar-refractivity contribution in [2.75, 3.05) is 13.7 Å². The summed E-state index contributed by atoms with van der Waals surface area (Å²) in [6.45, 7) is 0.465. The fourth-order valence-corrected chi connectivity index (χ4v) is 2.38. The van der Waals surface area contributed by atoms with E-state index < -0.39 is 18.1 Å². The van der Waals surface area contributed by atoms with Crippen LogP contribution in [0.3, 0.4) is 0 Å². The summed E-state index contributed by atoms with van der Waals surface area (Å²) in [6, 6.07) is 8.62. The summed E-state index contributed by atoms with van der Waals surface area (Å²) >= 11 is 0. The summed E-state index contributed by atoms with van der Waals surface area (Å²) in [5, 5.41) is 0. The first-order valence-corrected chi connectivity index (χ1v) is 6.92. The van der Waals surface area contributed by atoms with Gasteiger partial charge in [-0.05, 0) is 18.4 Å². The molecule has 6 nitrogen and oxygen atoms in total. The van der Waals surface area contributed by atoms with Crippen LogP contribution in [0.15, 0.2) is 30.3 Å². The average Bonchev–Trinajstić information content (AvgIpc) is 2.52. The second-order valence-corrected chi connectivity index (χ2v) is 5.07. The van der Waals surface area contributed by atoms with E-state index in [1.165, 1.54) is 12.0 Å². The van der Waals surface area contributed by atoms with Crippen molar-refractivity contribution in [2.24, 2.45) is 5.73 Å². The maximum absolute atomic E-state index is 12.2. The number of likely N-dealkylation sites (tertiary alicyclic amines) is 1. The van der Waals surface area contributed by atoms with Gasteiger partial charge in [-0.1, -0.05) is 30.3 Å². The molecule has 1 aliphatic rings. The van der Waals surface area contributed by atoms with Crippen molar-refractivity contribution in [1.29, 1.82) is 0 Å². The highest BCUT2D eigenvalue weighted by molar-refractivity contribution is 5.81. The number of piperidine rings is 1. The smallest absolute Gasteiger partial charge is 0.410 e. The molecule has 1 aromatic rings. The fraction of sp³-hybridized carbons (Fsp3) is 0.467. The van der Waals surface area contributed by atoms with Crippen molar-refractivity contribution in [2.45, 2.75) is 31.5 Å². The highest BCUT2D eigenvalue weighted by atomic mass is 16.6. The SMILES string of the molecule is COC(=O)[C@@H]1CC[C@H](N)CN1C(=O)OCc1ccccc1. The Morgan fingerprint density at radius 1 is 1.29 bits per heavy atom. The van der Waals surface area contributed by atoms with Crippen LogP contribution in [0.25, 0.3) is 0 Å². The van der Waals surface area contributed by atoms with Gasteiger partial charge in [0, 0.05) is 12.6 Å². The van der Waals surface area contributed by atoms with Crippen LogP contribution in [-0.4, -0.2) is 42.7 Å². The molecule has 2 N–H and O–H groups in total. The van der Waals surface area contributed by atoms with Crippen LogP contribution in [0.4, 0.5) is 4.79 Å². The fourth-order valence-electron chi connectivity index (χ4n) is 2.38. The quantitative estimate of drug-likeness (QED) is 0.849. The van der Waals surface area contributed by atoms with Gasteiger partial charge in [0.1, 0.15) is 12.6 Å². The normalized spacial score (nSPS) is 21.7. The molecule has 2 rings (SSSR count). The number of amides is 1. The molecule has 0 aromatic heterocycles. The molecule has 1 fully saturated rings. The molecular formula is C15H20N2O4. The average molecular weight is 292 g/mol. The molecule has 1 amide bonds. The lowest BCUT2D eigenvalue weighted by Crippen LogP contribution is -2.54. The second-order valence-electron chi connectivity index (χ2n) is 5.07. The van der Waals surface area contributed by atoms with Gasteiger partial charge in [-0.2, -0.15) is 0 Å². The molecule has 0 radical (unpaired) electrons. The Balaban J connectivity index is 1.98.